The van der Waals surface area contributed by atoms with Crippen molar-refractivity contribution in [2.45, 2.75) is 41.3 Å². The predicted molar refractivity (Wildman–Crippen MR) is 182 cm³/mol. The molecule has 0 aliphatic carbocycles. The average molecular weight is 722 g/mol. The molecule has 0 saturated carbocycles. The van der Waals surface area contributed by atoms with Gasteiger partial charge in [0.1, 0.15) is 5.54 Å². The number of alkyl halides is 3. The van der Waals surface area contributed by atoms with Crippen molar-refractivity contribution >= 4 is 53.9 Å². The number of piperazine rings is 1. The van der Waals surface area contributed by atoms with Crippen LogP contribution in [0.1, 0.15) is 24.5 Å². The van der Waals surface area contributed by atoms with Crippen molar-refractivity contribution < 1.29 is 38.4 Å². The maximum absolute atomic E-state index is 13.3. The highest BCUT2D eigenvalue weighted by Crippen LogP contribution is 2.49. The molecule has 2 heterocycles. The van der Waals surface area contributed by atoms with Crippen LogP contribution in [-0.2, 0) is 17.4 Å². The SMILES string of the molecule is CC(N)(Cc1ccc(O)c(O)c1)C(=O)O.Cl.Cl.OCCN1CCN(CCCN2c3ccccc3Sc3ccc(C(F)(F)F)cc32)CC1. The van der Waals surface area contributed by atoms with Crippen LogP contribution in [-0.4, -0.2) is 94.2 Å². The topological polar surface area (TPSA) is 134 Å². The molecule has 1 atom stereocenters. The molecule has 1 saturated heterocycles. The first-order valence-electron chi connectivity index (χ1n) is 14.6. The number of aliphatic hydroxyl groups excluding tert-OH is 1. The molecule has 47 heavy (non-hydrogen) atoms. The lowest BCUT2D eigenvalue weighted by molar-refractivity contribution is -0.142. The molecule has 0 radical (unpaired) electrons. The zero-order valence-electron chi connectivity index (χ0n) is 25.8. The third kappa shape index (κ3) is 10.8. The van der Waals surface area contributed by atoms with Crippen molar-refractivity contribution in [1.29, 1.82) is 0 Å². The van der Waals surface area contributed by atoms with Crippen molar-refractivity contribution in [3.8, 4) is 11.5 Å². The Balaban J connectivity index is 0.000000386. The lowest BCUT2D eigenvalue weighted by Gasteiger charge is -2.36. The molecule has 6 N–H and O–H groups in total. The fourth-order valence-corrected chi connectivity index (χ4v) is 6.33. The number of anilines is 2. The van der Waals surface area contributed by atoms with Crippen molar-refractivity contribution in [3.63, 3.8) is 0 Å². The van der Waals surface area contributed by atoms with Gasteiger partial charge in [0.15, 0.2) is 11.5 Å². The van der Waals surface area contributed by atoms with Crippen molar-refractivity contribution in [2.24, 2.45) is 5.73 Å². The maximum atomic E-state index is 13.3. The minimum Gasteiger partial charge on any atom is -0.504 e. The summed E-state index contributed by atoms with van der Waals surface area (Å²) in [6, 6.07) is 16.1. The van der Waals surface area contributed by atoms with Crippen molar-refractivity contribution in [3.05, 3.63) is 71.8 Å². The van der Waals surface area contributed by atoms with Crippen LogP contribution >= 0.6 is 36.6 Å². The minimum atomic E-state index is -4.35. The summed E-state index contributed by atoms with van der Waals surface area (Å²) < 4.78 is 39.9. The zero-order valence-corrected chi connectivity index (χ0v) is 28.3. The highest BCUT2D eigenvalue weighted by Gasteiger charge is 2.33. The molecular weight excluding hydrogens is 680 g/mol. The molecule has 260 valence electrons. The molecule has 2 aliphatic heterocycles. The Bertz CT molecular complexity index is 1480. The quantitative estimate of drug-likeness (QED) is 0.178. The van der Waals surface area contributed by atoms with Gasteiger partial charge in [0.2, 0.25) is 0 Å². The Morgan fingerprint density at radius 1 is 0.851 bits per heavy atom. The van der Waals surface area contributed by atoms with Crippen molar-refractivity contribution in [2.75, 3.05) is 57.3 Å². The summed E-state index contributed by atoms with van der Waals surface area (Å²) in [6.45, 7) is 7.68. The van der Waals surface area contributed by atoms with Crippen LogP contribution < -0.4 is 10.6 Å². The summed E-state index contributed by atoms with van der Waals surface area (Å²) in [5.41, 5.74) is 5.71. The number of carbonyl (C=O) groups is 1. The van der Waals surface area contributed by atoms with Crippen LogP contribution in [0.25, 0.3) is 0 Å². The van der Waals surface area contributed by atoms with E-state index in [0.29, 0.717) is 24.3 Å². The van der Waals surface area contributed by atoms with E-state index >= 15 is 0 Å². The number of fused-ring (bicyclic) bond motifs is 2. The van der Waals surface area contributed by atoms with Gasteiger partial charge in [0.25, 0.3) is 0 Å². The first-order chi connectivity index (χ1) is 21.3. The number of aliphatic hydroxyl groups is 1. The molecule has 0 amide bonds. The number of halogens is 5. The van der Waals surface area contributed by atoms with E-state index in [1.807, 2.05) is 29.2 Å². The number of phenols is 2. The predicted octanol–water partition coefficient (Wildman–Crippen LogP) is 5.59. The third-order valence-electron chi connectivity index (χ3n) is 7.79. The van der Waals surface area contributed by atoms with E-state index in [1.54, 1.807) is 6.07 Å². The second-order valence-corrected chi connectivity index (χ2v) is 12.5. The second-order valence-electron chi connectivity index (χ2n) is 11.4. The van der Waals surface area contributed by atoms with Gasteiger partial charge in [-0.15, -0.1) is 24.8 Å². The molecule has 1 fully saturated rings. The van der Waals surface area contributed by atoms with Crippen LogP contribution in [0.3, 0.4) is 0 Å². The lowest BCUT2D eigenvalue weighted by atomic mass is 9.94. The molecule has 2 aliphatic rings. The van der Waals surface area contributed by atoms with E-state index in [0.717, 1.165) is 54.6 Å². The Hall–Kier alpha value is -2.91. The Morgan fingerprint density at radius 2 is 1.47 bits per heavy atom. The van der Waals surface area contributed by atoms with Crippen LogP contribution in [0, 0.1) is 0 Å². The van der Waals surface area contributed by atoms with Gasteiger partial charge in [-0.05, 0) is 67.9 Å². The highest BCUT2D eigenvalue weighted by atomic mass is 35.5. The summed E-state index contributed by atoms with van der Waals surface area (Å²) in [5.74, 6) is -1.64. The highest BCUT2D eigenvalue weighted by molar-refractivity contribution is 7.99. The van der Waals surface area contributed by atoms with E-state index in [2.05, 4.69) is 9.80 Å². The molecule has 15 heteroatoms. The molecule has 0 spiro atoms. The Labute approximate surface area is 289 Å². The number of aromatic hydroxyl groups is 2. The van der Waals surface area contributed by atoms with E-state index < -0.39 is 23.2 Å². The number of carboxylic acids is 1. The van der Waals surface area contributed by atoms with E-state index in [-0.39, 0.29) is 49.3 Å². The van der Waals surface area contributed by atoms with Gasteiger partial charge in [-0.25, -0.2) is 0 Å². The minimum absolute atomic E-state index is 0. The number of hydrogen-bond acceptors (Lipinski definition) is 9. The summed E-state index contributed by atoms with van der Waals surface area (Å²) in [6.07, 6.45) is -3.40. The number of β-amino-alcohol motifs (C(OH)–C–C–N with tert-alkyl or cyclic N) is 1. The number of nitrogens with two attached hydrogens (primary N) is 1. The van der Waals surface area contributed by atoms with Crippen LogP contribution in [0.2, 0.25) is 0 Å². The normalized spacial score (nSPS) is 15.9. The number of nitrogens with zero attached hydrogens (tertiary/aromatic N) is 3. The summed E-state index contributed by atoms with van der Waals surface area (Å²) >= 11 is 1.53. The molecule has 3 aromatic carbocycles. The van der Waals surface area contributed by atoms with E-state index in [1.165, 1.54) is 49.0 Å². The van der Waals surface area contributed by atoms with Crippen LogP contribution in [0.5, 0.6) is 11.5 Å². The largest absolute Gasteiger partial charge is 0.504 e. The van der Waals surface area contributed by atoms with E-state index in [9.17, 15) is 23.1 Å². The van der Waals surface area contributed by atoms with Gasteiger partial charge in [-0.1, -0.05) is 30.0 Å². The first-order valence-corrected chi connectivity index (χ1v) is 15.4. The number of aliphatic carboxylic acids is 1. The number of hydrogen-bond donors (Lipinski definition) is 5. The van der Waals surface area contributed by atoms with Gasteiger partial charge >= 0.3 is 12.1 Å². The number of benzene rings is 3. The fraction of sp³-hybridized carbons (Fsp3) is 0.406. The summed E-state index contributed by atoms with van der Waals surface area (Å²) in [5, 5.41) is 36.1. The van der Waals surface area contributed by atoms with E-state index in [4.69, 9.17) is 21.1 Å². The number of para-hydroxylation sites is 1. The Kier molecular flexibility index (Phi) is 15.0. The zero-order chi connectivity index (χ0) is 32.8. The molecule has 3 aromatic rings. The summed E-state index contributed by atoms with van der Waals surface area (Å²) in [7, 11) is 0. The Morgan fingerprint density at radius 3 is 2.06 bits per heavy atom. The van der Waals surface area contributed by atoms with Gasteiger partial charge in [0.05, 0.1) is 23.5 Å². The third-order valence-corrected chi connectivity index (χ3v) is 8.92. The van der Waals surface area contributed by atoms with Gasteiger partial charge in [-0.2, -0.15) is 13.2 Å². The van der Waals surface area contributed by atoms with Gasteiger partial charge in [0, 0.05) is 55.5 Å². The standard InChI is InChI=1S/C22H26F3N3OS.C10H13NO4.2ClH/c23-22(24,25)17-6-7-21-19(16-17)28(18-4-1-2-5-20(18)30-21)9-3-8-26-10-12-27(13-11-26)14-15-29;1-10(11,9(14)15)5-6-2-3-7(12)8(13)4-6;;/h1-2,4-7,16,29H,3,8-15H2;2-4,12-13H,5,11H2,1H3,(H,14,15);2*1H. The molecule has 1 unspecified atom stereocenters. The number of rotatable bonds is 9. The molecule has 0 bridgehead atoms. The number of phenolic OH excluding ortho intramolecular Hbond substituents is 2. The molecule has 0 aromatic heterocycles. The average Bonchev–Trinajstić information content (AvgIpc) is 2.99. The molecule has 9 nitrogen and oxygen atoms in total. The summed E-state index contributed by atoms with van der Waals surface area (Å²) in [4.78, 5) is 19.4. The molecule has 5 rings (SSSR count). The van der Waals surface area contributed by atoms with Crippen LogP contribution in [0.15, 0.2) is 70.5 Å². The van der Waals surface area contributed by atoms with Crippen molar-refractivity contribution in [1.82, 2.24) is 9.80 Å². The molecular formula is C32H41Cl2F3N4O5S. The maximum Gasteiger partial charge on any atom is 0.416 e. The fourth-order valence-electron chi connectivity index (χ4n) is 5.26. The van der Waals surface area contributed by atoms with Gasteiger partial charge < -0.3 is 36.0 Å². The van der Waals surface area contributed by atoms with Gasteiger partial charge in [-0.3, -0.25) is 9.69 Å². The second kappa shape index (κ2) is 17.5. The lowest BCUT2D eigenvalue weighted by Crippen LogP contribution is -2.47. The smallest absolute Gasteiger partial charge is 0.416 e. The monoisotopic (exact) mass is 720 g/mol. The van der Waals surface area contributed by atoms with Crippen LogP contribution in [0.4, 0.5) is 24.5 Å². The number of carboxylic acid groups (broad SMARTS) is 1. The first kappa shape index (κ1) is 40.3.